The molecule has 1 fully saturated rings. The van der Waals surface area contributed by atoms with Gasteiger partial charge < -0.3 is 15.1 Å². The second-order valence-electron chi connectivity index (χ2n) is 6.91. The number of hydrogen-bond acceptors (Lipinski definition) is 3. The minimum atomic E-state index is -0.827. The number of quaternary nitrogens is 1. The van der Waals surface area contributed by atoms with Gasteiger partial charge in [0, 0.05) is 5.69 Å². The summed E-state index contributed by atoms with van der Waals surface area (Å²) in [6, 6.07) is 8.71. The fourth-order valence-electron chi connectivity index (χ4n) is 2.77. The van der Waals surface area contributed by atoms with Gasteiger partial charge in [-0.2, -0.15) is 5.26 Å². The van der Waals surface area contributed by atoms with E-state index >= 15 is 0 Å². The lowest BCUT2D eigenvalue weighted by atomic mass is 9.90. The molecule has 1 aliphatic rings. The van der Waals surface area contributed by atoms with Gasteiger partial charge in [0.1, 0.15) is 11.4 Å². The van der Waals surface area contributed by atoms with E-state index in [1.165, 1.54) is 17.0 Å². The van der Waals surface area contributed by atoms with E-state index in [2.05, 4.69) is 16.3 Å². The van der Waals surface area contributed by atoms with E-state index in [0.29, 0.717) is 6.54 Å². The van der Waals surface area contributed by atoms with Gasteiger partial charge in [0.2, 0.25) is 0 Å². The molecule has 0 bridgehead atoms. The van der Waals surface area contributed by atoms with Crippen LogP contribution in [0.3, 0.4) is 0 Å². The molecule has 0 saturated carbocycles. The largest absolute Gasteiger partial charge is 0.360 e. The number of hydrogen-bond donors (Lipinski definition) is 2. The van der Waals surface area contributed by atoms with Gasteiger partial charge in [-0.3, -0.25) is 4.79 Å². The van der Waals surface area contributed by atoms with E-state index in [1.807, 2.05) is 13.8 Å². The van der Waals surface area contributed by atoms with Crippen LogP contribution in [0, 0.1) is 23.1 Å². The van der Waals surface area contributed by atoms with Crippen molar-refractivity contribution in [1.29, 1.82) is 5.26 Å². The normalized spacial score (nSPS) is 18.1. The summed E-state index contributed by atoms with van der Waals surface area (Å²) in [5.41, 5.74) is 0.184. The molecule has 1 saturated heterocycles. The summed E-state index contributed by atoms with van der Waals surface area (Å²) in [4.78, 5) is 15.6. The van der Waals surface area contributed by atoms with Crippen LogP contribution >= 0.6 is 0 Å². The molecule has 1 aromatic rings. The second-order valence-corrected chi connectivity index (χ2v) is 6.91. The highest BCUT2D eigenvalue weighted by Gasteiger charge is 2.31. The number of carbonyl (C=O) groups is 1. The Labute approximate surface area is 143 Å². The zero-order chi connectivity index (χ0) is 17.7. The van der Waals surface area contributed by atoms with Crippen molar-refractivity contribution < 1.29 is 14.1 Å². The van der Waals surface area contributed by atoms with Gasteiger partial charge >= 0.3 is 0 Å². The molecule has 0 spiro atoms. The average molecular weight is 333 g/mol. The van der Waals surface area contributed by atoms with Crippen LogP contribution in [-0.2, 0) is 4.79 Å². The maximum absolute atomic E-state index is 13.0. The van der Waals surface area contributed by atoms with Gasteiger partial charge in [0.05, 0.1) is 32.2 Å². The average Bonchev–Trinajstić information content (AvgIpc) is 2.56. The Hall–Kier alpha value is -2.13. The first kappa shape index (κ1) is 18.2. The third-order valence-corrected chi connectivity index (χ3v) is 4.86. The van der Waals surface area contributed by atoms with Crippen LogP contribution in [0.2, 0.25) is 0 Å². The van der Waals surface area contributed by atoms with E-state index in [4.69, 9.17) is 0 Å². The third-order valence-electron chi connectivity index (χ3n) is 4.86. The number of nitrogens with one attached hydrogen (secondary N) is 2. The van der Waals surface area contributed by atoms with Gasteiger partial charge in [0.15, 0.2) is 6.54 Å². The van der Waals surface area contributed by atoms with E-state index in [9.17, 15) is 14.4 Å². The molecule has 1 atom stereocenters. The fraction of sp³-hybridized carbons (Fsp3) is 0.556. The highest BCUT2D eigenvalue weighted by atomic mass is 19.1. The summed E-state index contributed by atoms with van der Waals surface area (Å²) in [5.74, 6) is -0.264. The fourth-order valence-corrected chi connectivity index (χ4v) is 2.77. The summed E-state index contributed by atoms with van der Waals surface area (Å²) in [7, 11) is 0. The minimum Gasteiger partial charge on any atom is -0.360 e. The van der Waals surface area contributed by atoms with Gasteiger partial charge in [-0.15, -0.1) is 0 Å². The molecule has 0 aromatic heterocycles. The third kappa shape index (κ3) is 4.45. The molecule has 6 heteroatoms. The number of amides is 1. The van der Waals surface area contributed by atoms with Crippen molar-refractivity contribution in [2.75, 3.05) is 37.6 Å². The number of carbonyl (C=O) groups excluding carboxylic acids is 1. The van der Waals surface area contributed by atoms with Gasteiger partial charge in [0.25, 0.3) is 5.91 Å². The topological polar surface area (TPSA) is 60.6 Å². The van der Waals surface area contributed by atoms with Crippen LogP contribution in [0.5, 0.6) is 0 Å². The van der Waals surface area contributed by atoms with Crippen LogP contribution in [0.4, 0.5) is 10.1 Å². The summed E-state index contributed by atoms with van der Waals surface area (Å²) < 4.78 is 13.0. The van der Waals surface area contributed by atoms with E-state index in [0.717, 1.165) is 31.9 Å². The zero-order valence-corrected chi connectivity index (χ0v) is 14.6. The Morgan fingerprint density at radius 3 is 2.46 bits per heavy atom. The van der Waals surface area contributed by atoms with Crippen LogP contribution in [0.25, 0.3) is 0 Å². The van der Waals surface area contributed by atoms with Gasteiger partial charge in [-0.05, 0) is 37.1 Å². The maximum atomic E-state index is 13.0. The molecule has 1 heterocycles. The standard InChI is InChI=1S/C18H25FN4O/c1-14(2)18(3,13-20)21-17(24)12-22-8-10-23(11-9-22)16-6-4-15(19)5-7-16/h4-7,14H,8-12H2,1-3H3,(H,21,24)/p+1/t18-/m0/s1. The Bertz CT molecular complexity index is 602. The van der Waals surface area contributed by atoms with Crippen LogP contribution in [0.15, 0.2) is 24.3 Å². The molecule has 0 unspecified atom stereocenters. The Kier molecular flexibility index (Phi) is 5.79. The predicted molar refractivity (Wildman–Crippen MR) is 91.2 cm³/mol. The lowest BCUT2D eigenvalue weighted by molar-refractivity contribution is -0.892. The summed E-state index contributed by atoms with van der Waals surface area (Å²) in [6.45, 7) is 9.33. The highest BCUT2D eigenvalue weighted by molar-refractivity contribution is 5.78. The molecule has 1 aromatic carbocycles. The predicted octanol–water partition coefficient (Wildman–Crippen LogP) is 0.585. The molecular weight excluding hydrogens is 307 g/mol. The van der Waals surface area contributed by atoms with Gasteiger partial charge in [-0.1, -0.05) is 13.8 Å². The lowest BCUT2D eigenvalue weighted by Gasteiger charge is -2.34. The quantitative estimate of drug-likeness (QED) is 0.829. The number of nitriles is 1. The molecular formula is C18H26FN4O+. The summed E-state index contributed by atoms with van der Waals surface area (Å²) in [5, 5.41) is 12.1. The monoisotopic (exact) mass is 333 g/mol. The van der Waals surface area contributed by atoms with Crippen LogP contribution in [0.1, 0.15) is 20.8 Å². The first-order valence-corrected chi connectivity index (χ1v) is 8.40. The number of anilines is 1. The minimum absolute atomic E-state index is 0.0526. The summed E-state index contributed by atoms with van der Waals surface area (Å²) >= 11 is 0. The van der Waals surface area contributed by atoms with Crippen LogP contribution < -0.4 is 15.1 Å². The molecule has 130 valence electrons. The summed E-state index contributed by atoms with van der Waals surface area (Å²) in [6.07, 6.45) is 0. The van der Waals surface area contributed by atoms with Crippen LogP contribution in [-0.4, -0.2) is 44.2 Å². The van der Waals surface area contributed by atoms with Crippen molar-refractivity contribution >= 4 is 11.6 Å². The molecule has 0 radical (unpaired) electrons. The SMILES string of the molecule is CC(C)[C@](C)(C#N)NC(=O)C[NH+]1CCN(c2ccc(F)cc2)CC1. The Balaban J connectivity index is 1.83. The zero-order valence-electron chi connectivity index (χ0n) is 14.6. The van der Waals surface area contributed by atoms with E-state index in [-0.39, 0.29) is 17.6 Å². The second kappa shape index (κ2) is 7.63. The van der Waals surface area contributed by atoms with Crippen molar-refractivity contribution in [3.63, 3.8) is 0 Å². The molecule has 5 nitrogen and oxygen atoms in total. The molecule has 1 amide bonds. The molecule has 2 rings (SSSR count). The number of benzene rings is 1. The van der Waals surface area contributed by atoms with Gasteiger partial charge in [-0.25, -0.2) is 4.39 Å². The van der Waals surface area contributed by atoms with E-state index < -0.39 is 5.54 Å². The molecule has 1 aliphatic heterocycles. The Morgan fingerprint density at radius 2 is 1.96 bits per heavy atom. The van der Waals surface area contributed by atoms with Crippen molar-refractivity contribution in [1.82, 2.24) is 5.32 Å². The molecule has 24 heavy (non-hydrogen) atoms. The Morgan fingerprint density at radius 1 is 1.38 bits per heavy atom. The highest BCUT2D eigenvalue weighted by Crippen LogP contribution is 2.15. The number of nitrogens with zero attached hydrogens (tertiary/aromatic N) is 2. The number of piperazine rings is 1. The van der Waals surface area contributed by atoms with Crippen molar-refractivity contribution in [3.05, 3.63) is 30.1 Å². The first-order chi connectivity index (χ1) is 11.3. The van der Waals surface area contributed by atoms with Crippen molar-refractivity contribution in [2.24, 2.45) is 5.92 Å². The smallest absolute Gasteiger partial charge is 0.276 e. The molecule has 2 N–H and O–H groups in total. The number of rotatable bonds is 5. The lowest BCUT2D eigenvalue weighted by Crippen LogP contribution is -3.16. The van der Waals surface area contributed by atoms with Crippen molar-refractivity contribution in [2.45, 2.75) is 26.3 Å². The maximum Gasteiger partial charge on any atom is 0.276 e. The van der Waals surface area contributed by atoms with Crippen molar-refractivity contribution in [3.8, 4) is 6.07 Å². The molecule has 0 aliphatic carbocycles. The number of halogens is 1. The van der Waals surface area contributed by atoms with E-state index in [1.54, 1.807) is 19.1 Å². The first-order valence-electron chi connectivity index (χ1n) is 8.40.